The Bertz CT molecular complexity index is 1030. The molecule has 136 valence electrons. The zero-order chi connectivity index (χ0) is 18.3. The zero-order valence-corrected chi connectivity index (χ0v) is 15.1. The second-order valence-electron chi connectivity index (χ2n) is 6.93. The van der Waals surface area contributed by atoms with Crippen molar-refractivity contribution in [3.05, 3.63) is 46.4 Å². The molecule has 2 aromatic heterocycles. The van der Waals surface area contributed by atoms with Crippen molar-refractivity contribution < 1.29 is 4.79 Å². The van der Waals surface area contributed by atoms with E-state index in [2.05, 4.69) is 22.4 Å². The zero-order valence-electron chi connectivity index (χ0n) is 15.1. The Kier molecular flexibility index (Phi) is 4.24. The van der Waals surface area contributed by atoms with Gasteiger partial charge in [-0.1, -0.05) is 0 Å². The lowest BCUT2D eigenvalue weighted by atomic mass is 10.0. The fourth-order valence-electron chi connectivity index (χ4n) is 3.70. The molecule has 0 radical (unpaired) electrons. The maximum absolute atomic E-state index is 12.7. The lowest BCUT2D eigenvalue weighted by Gasteiger charge is -2.29. The van der Waals surface area contributed by atoms with Gasteiger partial charge in [0.2, 0.25) is 0 Å². The molecule has 0 bridgehead atoms. The number of hydrogen-bond acceptors (Lipinski definition) is 4. The molecule has 1 aliphatic rings. The standard InChI is InChI=1S/C19H23N5O2/c1-3-23-17-12-13(18(25)21-14-7-10-22(2)11-8-14)4-5-15(17)24-16(19(23)26)6-9-20-24/h4-6,9,12,14H,3,7-8,10-11H2,1-2H3,(H,21,25). The maximum Gasteiger partial charge on any atom is 0.277 e. The van der Waals surface area contributed by atoms with E-state index in [0.29, 0.717) is 17.6 Å². The molecule has 7 heteroatoms. The summed E-state index contributed by atoms with van der Waals surface area (Å²) in [4.78, 5) is 27.6. The fourth-order valence-corrected chi connectivity index (χ4v) is 3.70. The van der Waals surface area contributed by atoms with Gasteiger partial charge in [0.1, 0.15) is 5.52 Å². The monoisotopic (exact) mass is 353 g/mol. The molecule has 0 aliphatic carbocycles. The Balaban J connectivity index is 1.72. The van der Waals surface area contributed by atoms with E-state index in [-0.39, 0.29) is 17.5 Å². The predicted molar refractivity (Wildman–Crippen MR) is 101 cm³/mol. The molecule has 0 saturated carbocycles. The molecule has 1 aliphatic heterocycles. The van der Waals surface area contributed by atoms with Crippen LogP contribution in [0.3, 0.4) is 0 Å². The number of carbonyl (C=O) groups is 1. The summed E-state index contributed by atoms with van der Waals surface area (Å²) in [5.74, 6) is -0.0860. The summed E-state index contributed by atoms with van der Waals surface area (Å²) in [5.41, 5.74) is 2.57. The van der Waals surface area contributed by atoms with Gasteiger partial charge in [-0.15, -0.1) is 0 Å². The Hall–Kier alpha value is -2.67. The number of carbonyl (C=O) groups excluding carboxylic acids is 1. The van der Waals surface area contributed by atoms with Gasteiger partial charge in [0.05, 0.1) is 17.2 Å². The molecule has 1 aromatic carbocycles. The molecule has 1 fully saturated rings. The van der Waals surface area contributed by atoms with Crippen LogP contribution in [-0.2, 0) is 6.54 Å². The first-order chi connectivity index (χ1) is 12.6. The number of piperidine rings is 1. The van der Waals surface area contributed by atoms with Crippen LogP contribution in [0.1, 0.15) is 30.1 Å². The minimum Gasteiger partial charge on any atom is -0.349 e. The molecule has 4 rings (SSSR count). The number of hydrogen-bond donors (Lipinski definition) is 1. The van der Waals surface area contributed by atoms with Crippen molar-refractivity contribution in [2.24, 2.45) is 0 Å². The van der Waals surface area contributed by atoms with Crippen LogP contribution in [0.25, 0.3) is 16.6 Å². The highest BCUT2D eigenvalue weighted by molar-refractivity contribution is 5.97. The molecule has 1 amide bonds. The SMILES string of the molecule is CCn1c(=O)c2ccnn2c2ccc(C(=O)NC3CCN(C)CC3)cc21. The summed E-state index contributed by atoms with van der Waals surface area (Å²) >= 11 is 0. The molecular weight excluding hydrogens is 330 g/mol. The van der Waals surface area contributed by atoms with Crippen LogP contribution in [0, 0.1) is 0 Å². The van der Waals surface area contributed by atoms with Crippen LogP contribution in [-0.4, -0.2) is 51.2 Å². The molecule has 0 spiro atoms. The van der Waals surface area contributed by atoms with Gasteiger partial charge in [-0.2, -0.15) is 5.10 Å². The van der Waals surface area contributed by atoms with E-state index in [4.69, 9.17) is 0 Å². The Morgan fingerprint density at radius 3 is 2.69 bits per heavy atom. The molecule has 7 nitrogen and oxygen atoms in total. The summed E-state index contributed by atoms with van der Waals surface area (Å²) in [6.07, 6.45) is 3.55. The minimum atomic E-state index is -0.0922. The molecule has 26 heavy (non-hydrogen) atoms. The van der Waals surface area contributed by atoms with Gasteiger partial charge in [0.25, 0.3) is 11.5 Å². The summed E-state index contributed by atoms with van der Waals surface area (Å²) < 4.78 is 3.33. The Morgan fingerprint density at radius 2 is 1.96 bits per heavy atom. The summed E-state index contributed by atoms with van der Waals surface area (Å²) in [7, 11) is 2.10. The number of rotatable bonds is 3. The van der Waals surface area contributed by atoms with Crippen LogP contribution in [0.15, 0.2) is 35.3 Å². The number of likely N-dealkylation sites (tertiary alicyclic amines) is 1. The van der Waals surface area contributed by atoms with Gasteiger partial charge < -0.3 is 14.8 Å². The lowest BCUT2D eigenvalue weighted by Crippen LogP contribution is -2.43. The summed E-state index contributed by atoms with van der Waals surface area (Å²) in [6.45, 7) is 4.46. The van der Waals surface area contributed by atoms with Crippen molar-refractivity contribution in [3.63, 3.8) is 0 Å². The van der Waals surface area contributed by atoms with Crippen LogP contribution >= 0.6 is 0 Å². The molecular formula is C19H23N5O2. The maximum atomic E-state index is 12.7. The number of aromatic nitrogens is 3. The lowest BCUT2D eigenvalue weighted by molar-refractivity contribution is 0.0917. The quantitative estimate of drug-likeness (QED) is 0.774. The highest BCUT2D eigenvalue weighted by Crippen LogP contribution is 2.17. The number of nitrogens with zero attached hydrogens (tertiary/aromatic N) is 4. The predicted octanol–water partition coefficient (Wildman–Crippen LogP) is 1.49. The first-order valence-electron chi connectivity index (χ1n) is 9.08. The second-order valence-corrected chi connectivity index (χ2v) is 6.93. The highest BCUT2D eigenvalue weighted by atomic mass is 16.1. The largest absolute Gasteiger partial charge is 0.349 e. The number of benzene rings is 1. The van der Waals surface area contributed by atoms with Crippen molar-refractivity contribution in [2.45, 2.75) is 32.4 Å². The van der Waals surface area contributed by atoms with Gasteiger partial charge in [-0.3, -0.25) is 9.59 Å². The van der Waals surface area contributed by atoms with Gasteiger partial charge in [0.15, 0.2) is 0 Å². The fraction of sp³-hybridized carbons (Fsp3) is 0.421. The van der Waals surface area contributed by atoms with Crippen LogP contribution in [0.2, 0.25) is 0 Å². The first-order valence-corrected chi connectivity index (χ1v) is 9.08. The third-order valence-electron chi connectivity index (χ3n) is 5.23. The van der Waals surface area contributed by atoms with Crippen LogP contribution < -0.4 is 10.9 Å². The molecule has 0 atom stereocenters. The molecule has 0 unspecified atom stereocenters. The van der Waals surface area contributed by atoms with Crippen LogP contribution in [0.4, 0.5) is 0 Å². The van der Waals surface area contributed by atoms with E-state index in [9.17, 15) is 9.59 Å². The smallest absolute Gasteiger partial charge is 0.277 e. The van der Waals surface area contributed by atoms with E-state index in [1.165, 1.54) is 0 Å². The minimum absolute atomic E-state index is 0.0860. The van der Waals surface area contributed by atoms with Gasteiger partial charge >= 0.3 is 0 Å². The van der Waals surface area contributed by atoms with Gasteiger partial charge in [0, 0.05) is 18.2 Å². The number of amides is 1. The second kappa shape index (κ2) is 6.57. The highest BCUT2D eigenvalue weighted by Gasteiger charge is 2.20. The molecule has 3 heterocycles. The first kappa shape index (κ1) is 16.8. The number of aryl methyl sites for hydroxylation is 1. The van der Waals surface area contributed by atoms with E-state index >= 15 is 0 Å². The molecule has 1 saturated heterocycles. The van der Waals surface area contributed by atoms with Gasteiger partial charge in [-0.05, 0) is 64.2 Å². The third-order valence-corrected chi connectivity index (χ3v) is 5.23. The average Bonchev–Trinajstić information content (AvgIpc) is 3.14. The van der Waals surface area contributed by atoms with Crippen molar-refractivity contribution in [2.75, 3.05) is 20.1 Å². The average molecular weight is 353 g/mol. The van der Waals surface area contributed by atoms with E-state index in [1.807, 2.05) is 13.0 Å². The Labute approximate surface area is 151 Å². The topological polar surface area (TPSA) is 71.6 Å². The molecule has 1 N–H and O–H groups in total. The van der Waals surface area contributed by atoms with Crippen molar-refractivity contribution in [3.8, 4) is 0 Å². The van der Waals surface area contributed by atoms with Crippen molar-refractivity contribution in [1.82, 2.24) is 24.4 Å². The van der Waals surface area contributed by atoms with E-state index < -0.39 is 0 Å². The number of nitrogens with one attached hydrogen (secondary N) is 1. The van der Waals surface area contributed by atoms with Crippen molar-refractivity contribution in [1.29, 1.82) is 0 Å². The van der Waals surface area contributed by atoms with Crippen LogP contribution in [0.5, 0.6) is 0 Å². The Morgan fingerprint density at radius 1 is 1.19 bits per heavy atom. The van der Waals surface area contributed by atoms with Crippen molar-refractivity contribution >= 4 is 22.5 Å². The van der Waals surface area contributed by atoms with E-state index in [1.54, 1.807) is 33.5 Å². The summed E-state index contributed by atoms with van der Waals surface area (Å²) in [6, 6.07) is 7.39. The van der Waals surface area contributed by atoms with Gasteiger partial charge in [-0.25, -0.2) is 4.52 Å². The van der Waals surface area contributed by atoms with E-state index in [0.717, 1.165) is 37.0 Å². The normalized spacial score (nSPS) is 16.4. The number of fused-ring (bicyclic) bond motifs is 3. The third kappa shape index (κ3) is 2.78. The summed E-state index contributed by atoms with van der Waals surface area (Å²) in [5, 5.41) is 7.39. The molecule has 3 aromatic rings.